The van der Waals surface area contributed by atoms with Crippen LogP contribution in [-0.2, 0) is 21.2 Å². The zero-order valence-electron chi connectivity index (χ0n) is 15.2. The van der Waals surface area contributed by atoms with Crippen LogP contribution in [0.4, 0.5) is 5.69 Å². The number of sulfone groups is 1. The number of nitro groups is 1. The molecule has 0 spiro atoms. The maximum Gasteiger partial charge on any atom is 0.272 e. The maximum absolute atomic E-state index is 12.8. The molecule has 10 heteroatoms. The van der Waals surface area contributed by atoms with Crippen LogP contribution in [-0.4, -0.2) is 48.3 Å². The number of aryl methyl sites for hydroxylation is 1. The molecule has 1 atom stereocenters. The highest BCUT2D eigenvalue weighted by atomic mass is 32.2. The summed E-state index contributed by atoms with van der Waals surface area (Å²) in [6, 6.07) is 7.20. The summed E-state index contributed by atoms with van der Waals surface area (Å²) in [6.45, 7) is 1.42. The topological polar surface area (TPSA) is 120 Å². The fourth-order valence-corrected chi connectivity index (χ4v) is 4.89. The second-order valence-electron chi connectivity index (χ2n) is 6.65. The van der Waals surface area contributed by atoms with Crippen LogP contribution in [0.3, 0.4) is 0 Å². The molecule has 9 nitrogen and oxygen atoms in total. The number of nitro benzene ring substituents is 1. The maximum atomic E-state index is 12.8. The van der Waals surface area contributed by atoms with Crippen molar-refractivity contribution in [3.8, 4) is 5.75 Å². The zero-order chi connectivity index (χ0) is 20.3. The van der Waals surface area contributed by atoms with E-state index in [1.54, 1.807) is 19.1 Å². The highest BCUT2D eigenvalue weighted by molar-refractivity contribution is 7.91. The van der Waals surface area contributed by atoms with Gasteiger partial charge in [-0.15, -0.1) is 0 Å². The first-order valence-corrected chi connectivity index (χ1v) is 10.5. The monoisotopic (exact) mass is 408 g/mol. The Balaban J connectivity index is 1.70. The largest absolute Gasteiger partial charge is 0.484 e. The highest BCUT2D eigenvalue weighted by Crippen LogP contribution is 2.24. The number of hydrogen-bond donors (Lipinski definition) is 0. The van der Waals surface area contributed by atoms with E-state index in [-0.39, 0.29) is 36.3 Å². The first kappa shape index (κ1) is 19.9. The molecular weight excluding hydrogens is 388 g/mol. The minimum absolute atomic E-state index is 0.0331. The summed E-state index contributed by atoms with van der Waals surface area (Å²) in [5, 5.41) is 10.9. The van der Waals surface area contributed by atoms with Gasteiger partial charge in [0.1, 0.15) is 11.5 Å². The highest BCUT2D eigenvalue weighted by Gasteiger charge is 2.35. The third-order valence-electron chi connectivity index (χ3n) is 4.60. The number of benzene rings is 1. The van der Waals surface area contributed by atoms with Gasteiger partial charge in [0, 0.05) is 17.7 Å². The predicted octanol–water partition coefficient (Wildman–Crippen LogP) is 2.09. The van der Waals surface area contributed by atoms with Crippen LogP contribution in [0.1, 0.15) is 17.7 Å². The van der Waals surface area contributed by atoms with E-state index in [0.29, 0.717) is 23.5 Å². The number of hydrogen-bond acceptors (Lipinski definition) is 7. The third-order valence-corrected chi connectivity index (χ3v) is 6.35. The minimum Gasteiger partial charge on any atom is -0.484 e. The first-order valence-electron chi connectivity index (χ1n) is 8.65. The van der Waals surface area contributed by atoms with Crippen LogP contribution in [0.5, 0.6) is 5.75 Å². The Morgan fingerprint density at radius 2 is 2.18 bits per heavy atom. The quantitative estimate of drug-likeness (QED) is 0.508. The van der Waals surface area contributed by atoms with Gasteiger partial charge in [-0.25, -0.2) is 8.42 Å². The second kappa shape index (κ2) is 8.01. The van der Waals surface area contributed by atoms with Crippen molar-refractivity contribution in [2.45, 2.75) is 25.9 Å². The van der Waals surface area contributed by atoms with Crippen molar-refractivity contribution in [3.05, 3.63) is 58.0 Å². The molecule has 1 aliphatic rings. The van der Waals surface area contributed by atoms with Gasteiger partial charge in [-0.3, -0.25) is 14.9 Å². The van der Waals surface area contributed by atoms with Crippen molar-refractivity contribution in [2.24, 2.45) is 0 Å². The molecule has 1 fully saturated rings. The van der Waals surface area contributed by atoms with Crippen LogP contribution < -0.4 is 4.74 Å². The van der Waals surface area contributed by atoms with Crippen molar-refractivity contribution >= 4 is 21.4 Å². The summed E-state index contributed by atoms with van der Waals surface area (Å²) in [4.78, 5) is 24.6. The molecule has 0 bridgehead atoms. The van der Waals surface area contributed by atoms with Crippen molar-refractivity contribution < 1.29 is 27.3 Å². The molecule has 3 rings (SSSR count). The van der Waals surface area contributed by atoms with E-state index in [9.17, 15) is 23.3 Å². The van der Waals surface area contributed by atoms with Gasteiger partial charge in [0.25, 0.3) is 11.6 Å². The fourth-order valence-electron chi connectivity index (χ4n) is 3.16. The first-order chi connectivity index (χ1) is 13.2. The number of amides is 1. The molecule has 0 aliphatic carbocycles. The average Bonchev–Trinajstić information content (AvgIpc) is 3.26. The Morgan fingerprint density at radius 3 is 2.75 bits per heavy atom. The van der Waals surface area contributed by atoms with Crippen LogP contribution in [0.25, 0.3) is 0 Å². The van der Waals surface area contributed by atoms with Crippen LogP contribution in [0.15, 0.2) is 41.0 Å². The Hall–Kier alpha value is -2.88. The van der Waals surface area contributed by atoms with Gasteiger partial charge in [-0.2, -0.15) is 0 Å². The molecule has 0 saturated carbocycles. The lowest BCUT2D eigenvalue weighted by Crippen LogP contribution is -2.43. The molecule has 0 N–H and O–H groups in total. The second-order valence-corrected chi connectivity index (χ2v) is 8.88. The van der Waals surface area contributed by atoms with Crippen LogP contribution >= 0.6 is 0 Å². The van der Waals surface area contributed by atoms with E-state index in [1.165, 1.54) is 29.4 Å². The average molecular weight is 408 g/mol. The summed E-state index contributed by atoms with van der Waals surface area (Å²) in [5.74, 6) is 0.449. The number of rotatable bonds is 7. The SMILES string of the molecule is Cc1cc(OCC(=O)N(Cc2ccco2)[C@@H]2CCS(=O)(=O)C2)ccc1[N+](=O)[O-]. The number of carbonyl (C=O) groups excluding carboxylic acids is 1. The Bertz CT molecular complexity index is 970. The molecule has 0 radical (unpaired) electrons. The number of carbonyl (C=O) groups is 1. The standard InChI is InChI=1S/C18H20N2O7S/c1-13-9-15(4-5-17(13)20(22)23)27-11-18(21)19(10-16-3-2-7-26-16)14-6-8-28(24,25)12-14/h2-5,7,9,14H,6,8,10-12H2,1H3/t14-/m1/s1. The van der Waals surface area contributed by atoms with E-state index in [4.69, 9.17) is 9.15 Å². The Morgan fingerprint density at radius 1 is 1.39 bits per heavy atom. The van der Waals surface area contributed by atoms with Gasteiger partial charge in [0.05, 0.1) is 29.2 Å². The molecule has 28 heavy (non-hydrogen) atoms. The molecular formula is C18H20N2O7S. The number of furan rings is 1. The molecule has 1 aliphatic heterocycles. The van der Waals surface area contributed by atoms with Crippen molar-refractivity contribution in [3.63, 3.8) is 0 Å². The zero-order valence-corrected chi connectivity index (χ0v) is 16.1. The van der Waals surface area contributed by atoms with E-state index < -0.39 is 20.8 Å². The van der Waals surface area contributed by atoms with E-state index in [2.05, 4.69) is 0 Å². The molecule has 0 unspecified atom stereocenters. The lowest BCUT2D eigenvalue weighted by Gasteiger charge is -2.27. The molecule has 1 amide bonds. The molecule has 1 aromatic carbocycles. The molecule has 2 heterocycles. The summed E-state index contributed by atoms with van der Waals surface area (Å²) in [5.41, 5.74) is 0.388. The third kappa shape index (κ3) is 4.69. The number of nitrogens with zero attached hydrogens (tertiary/aromatic N) is 2. The summed E-state index contributed by atoms with van der Waals surface area (Å²) < 4.78 is 34.4. The summed E-state index contributed by atoms with van der Waals surface area (Å²) >= 11 is 0. The molecule has 150 valence electrons. The van der Waals surface area contributed by atoms with Gasteiger partial charge in [0.15, 0.2) is 16.4 Å². The normalized spacial score (nSPS) is 18.0. The van der Waals surface area contributed by atoms with Crippen LogP contribution in [0, 0.1) is 17.0 Å². The van der Waals surface area contributed by atoms with Gasteiger partial charge in [0.2, 0.25) is 0 Å². The van der Waals surface area contributed by atoms with Crippen molar-refractivity contribution in [1.29, 1.82) is 0 Å². The van der Waals surface area contributed by atoms with Gasteiger partial charge < -0.3 is 14.1 Å². The lowest BCUT2D eigenvalue weighted by molar-refractivity contribution is -0.385. The minimum atomic E-state index is -3.17. The van der Waals surface area contributed by atoms with Crippen LogP contribution in [0.2, 0.25) is 0 Å². The van der Waals surface area contributed by atoms with E-state index in [1.807, 2.05) is 0 Å². The van der Waals surface area contributed by atoms with Crippen molar-refractivity contribution in [2.75, 3.05) is 18.1 Å². The Kier molecular flexibility index (Phi) is 5.68. The number of ether oxygens (including phenoxy) is 1. The van der Waals surface area contributed by atoms with Gasteiger partial charge >= 0.3 is 0 Å². The lowest BCUT2D eigenvalue weighted by atomic mass is 10.2. The van der Waals surface area contributed by atoms with Crippen molar-refractivity contribution in [1.82, 2.24) is 4.90 Å². The van der Waals surface area contributed by atoms with E-state index in [0.717, 1.165) is 0 Å². The van der Waals surface area contributed by atoms with Gasteiger partial charge in [-0.05, 0) is 37.6 Å². The summed E-state index contributed by atoms with van der Waals surface area (Å²) in [6.07, 6.45) is 1.85. The molecule has 1 aromatic heterocycles. The predicted molar refractivity (Wildman–Crippen MR) is 99.6 cm³/mol. The smallest absolute Gasteiger partial charge is 0.272 e. The summed E-state index contributed by atoms with van der Waals surface area (Å²) in [7, 11) is -3.17. The molecule has 2 aromatic rings. The fraction of sp³-hybridized carbons (Fsp3) is 0.389. The Labute approximate surface area is 162 Å². The van der Waals surface area contributed by atoms with Gasteiger partial charge in [-0.1, -0.05) is 0 Å². The molecule has 1 saturated heterocycles. The van der Waals surface area contributed by atoms with E-state index >= 15 is 0 Å².